The van der Waals surface area contributed by atoms with Gasteiger partial charge in [-0.15, -0.1) is 0 Å². The van der Waals surface area contributed by atoms with Crippen LogP contribution in [0.25, 0.3) is 0 Å². The highest BCUT2D eigenvalue weighted by molar-refractivity contribution is 7.92. The van der Waals surface area contributed by atoms with Crippen LogP contribution in [0.5, 0.6) is 5.88 Å². The fourth-order valence-corrected chi connectivity index (χ4v) is 3.52. The molecule has 0 unspecified atom stereocenters. The summed E-state index contributed by atoms with van der Waals surface area (Å²) in [5.41, 5.74) is 2.57. The third-order valence-electron chi connectivity index (χ3n) is 3.49. The molecule has 3 rings (SSSR count). The second-order valence-corrected chi connectivity index (χ2v) is 7.30. The molecule has 122 valence electrons. The number of fused-ring (bicyclic) bond motifs is 1. The average molecular weight is 333 g/mol. The van der Waals surface area contributed by atoms with Gasteiger partial charge in [-0.05, 0) is 38.5 Å². The summed E-state index contributed by atoms with van der Waals surface area (Å²) in [5.74, 6) is 0.406. The molecule has 6 nitrogen and oxygen atoms in total. The van der Waals surface area contributed by atoms with Gasteiger partial charge in [-0.1, -0.05) is 6.07 Å². The van der Waals surface area contributed by atoms with Crippen LogP contribution >= 0.6 is 0 Å². The van der Waals surface area contributed by atoms with Gasteiger partial charge >= 0.3 is 0 Å². The van der Waals surface area contributed by atoms with E-state index in [4.69, 9.17) is 4.74 Å². The molecule has 0 atom stereocenters. The average Bonchev–Trinajstić information content (AvgIpc) is 2.96. The molecule has 1 aliphatic heterocycles. The van der Waals surface area contributed by atoms with E-state index in [1.807, 2.05) is 26.0 Å². The standard InChI is InChI=1S/C16H19N3O3S/c1-11(2)22-16-7-6-12(10-18-16)23(20,21)19-15-5-3-4-14-13(15)8-9-17-14/h3-7,10-11,17,19H,8-9H2,1-2H3. The number of sulfonamides is 1. The van der Waals surface area contributed by atoms with Crippen molar-refractivity contribution in [2.45, 2.75) is 31.3 Å². The Kier molecular flexibility index (Phi) is 4.12. The fourth-order valence-electron chi connectivity index (χ4n) is 2.48. The van der Waals surface area contributed by atoms with Crippen molar-refractivity contribution in [1.82, 2.24) is 4.98 Å². The number of hydrogen-bond acceptors (Lipinski definition) is 5. The molecule has 0 radical (unpaired) electrons. The summed E-state index contributed by atoms with van der Waals surface area (Å²) < 4.78 is 33.1. The fraction of sp³-hybridized carbons (Fsp3) is 0.312. The number of nitrogens with one attached hydrogen (secondary N) is 2. The Morgan fingerprint density at radius 1 is 1.26 bits per heavy atom. The van der Waals surface area contributed by atoms with E-state index in [0.29, 0.717) is 11.6 Å². The summed E-state index contributed by atoms with van der Waals surface area (Å²) in [5, 5.41) is 3.23. The monoisotopic (exact) mass is 333 g/mol. The zero-order valence-electron chi connectivity index (χ0n) is 13.0. The van der Waals surface area contributed by atoms with E-state index in [0.717, 1.165) is 24.2 Å². The first kappa shape index (κ1) is 15.6. The molecule has 0 spiro atoms. The van der Waals surface area contributed by atoms with Crippen molar-refractivity contribution < 1.29 is 13.2 Å². The highest BCUT2D eigenvalue weighted by Gasteiger charge is 2.20. The smallest absolute Gasteiger partial charge is 0.263 e. The van der Waals surface area contributed by atoms with Crippen LogP contribution in [0.3, 0.4) is 0 Å². The number of ether oxygens (including phenoxy) is 1. The molecule has 23 heavy (non-hydrogen) atoms. The summed E-state index contributed by atoms with van der Waals surface area (Å²) >= 11 is 0. The van der Waals surface area contributed by atoms with Gasteiger partial charge in [-0.2, -0.15) is 0 Å². The van der Waals surface area contributed by atoms with Crippen molar-refractivity contribution in [1.29, 1.82) is 0 Å². The van der Waals surface area contributed by atoms with Crippen LogP contribution < -0.4 is 14.8 Å². The van der Waals surface area contributed by atoms with Gasteiger partial charge in [0.05, 0.1) is 18.0 Å². The molecule has 0 bridgehead atoms. The zero-order valence-corrected chi connectivity index (χ0v) is 13.9. The van der Waals surface area contributed by atoms with E-state index in [-0.39, 0.29) is 11.0 Å². The lowest BCUT2D eigenvalue weighted by molar-refractivity contribution is 0.232. The van der Waals surface area contributed by atoms with Gasteiger partial charge < -0.3 is 10.1 Å². The molecule has 7 heteroatoms. The number of aromatic nitrogens is 1. The van der Waals surface area contributed by atoms with Crippen molar-refractivity contribution in [2.75, 3.05) is 16.6 Å². The normalized spacial score (nSPS) is 13.5. The van der Waals surface area contributed by atoms with Crippen molar-refractivity contribution in [3.05, 3.63) is 42.1 Å². The first-order valence-electron chi connectivity index (χ1n) is 7.47. The summed E-state index contributed by atoms with van der Waals surface area (Å²) in [4.78, 5) is 4.15. The van der Waals surface area contributed by atoms with E-state index < -0.39 is 10.0 Å². The van der Waals surface area contributed by atoms with Crippen molar-refractivity contribution in [2.24, 2.45) is 0 Å². The Labute approximate surface area is 136 Å². The second-order valence-electron chi connectivity index (χ2n) is 5.61. The largest absolute Gasteiger partial charge is 0.475 e. The molecule has 0 saturated carbocycles. The molecule has 1 aromatic carbocycles. The van der Waals surface area contributed by atoms with Crippen molar-refractivity contribution in [3.63, 3.8) is 0 Å². The minimum atomic E-state index is -3.68. The van der Waals surface area contributed by atoms with E-state index in [9.17, 15) is 8.42 Å². The Balaban J connectivity index is 1.83. The van der Waals surface area contributed by atoms with Crippen LogP contribution in [-0.4, -0.2) is 26.1 Å². The third-order valence-corrected chi connectivity index (χ3v) is 4.84. The molecule has 1 aromatic heterocycles. The van der Waals surface area contributed by atoms with Crippen LogP contribution in [-0.2, 0) is 16.4 Å². The topological polar surface area (TPSA) is 80.3 Å². The van der Waals surface area contributed by atoms with E-state index in [1.165, 1.54) is 12.3 Å². The van der Waals surface area contributed by atoms with Gasteiger partial charge in [-0.25, -0.2) is 13.4 Å². The van der Waals surface area contributed by atoms with Crippen LogP contribution in [0, 0.1) is 0 Å². The molecule has 0 fully saturated rings. The van der Waals surface area contributed by atoms with Gasteiger partial charge in [0.15, 0.2) is 0 Å². The first-order valence-corrected chi connectivity index (χ1v) is 8.95. The molecule has 0 aliphatic carbocycles. The lowest BCUT2D eigenvalue weighted by Crippen LogP contribution is -2.14. The first-order chi connectivity index (χ1) is 11.0. The summed E-state index contributed by atoms with van der Waals surface area (Å²) in [6.07, 6.45) is 2.09. The van der Waals surface area contributed by atoms with Crippen LogP contribution in [0.15, 0.2) is 41.4 Å². The van der Waals surface area contributed by atoms with Gasteiger partial charge in [0.2, 0.25) is 5.88 Å². The number of nitrogens with zero attached hydrogens (tertiary/aromatic N) is 1. The van der Waals surface area contributed by atoms with Crippen LogP contribution in [0.4, 0.5) is 11.4 Å². The molecular weight excluding hydrogens is 314 g/mol. The van der Waals surface area contributed by atoms with E-state index in [1.54, 1.807) is 12.1 Å². The van der Waals surface area contributed by atoms with Crippen LogP contribution in [0.2, 0.25) is 0 Å². The molecule has 2 heterocycles. The predicted octanol–water partition coefficient (Wildman–Crippen LogP) is 2.64. The second kappa shape index (κ2) is 6.08. The number of hydrogen-bond donors (Lipinski definition) is 2. The SMILES string of the molecule is CC(C)Oc1ccc(S(=O)(=O)Nc2cccc3c2CCN3)cn1. The lowest BCUT2D eigenvalue weighted by Gasteiger charge is -2.12. The molecule has 1 aliphatic rings. The summed E-state index contributed by atoms with van der Waals surface area (Å²) in [6.45, 7) is 4.59. The number of rotatable bonds is 5. The molecule has 0 saturated heterocycles. The van der Waals surface area contributed by atoms with Gasteiger partial charge in [0.1, 0.15) is 4.90 Å². The maximum Gasteiger partial charge on any atom is 0.263 e. The minimum absolute atomic E-state index is 0.0116. The molecule has 2 aromatic rings. The zero-order chi connectivity index (χ0) is 16.4. The Bertz CT molecular complexity index is 802. The van der Waals surface area contributed by atoms with Crippen molar-refractivity contribution in [3.8, 4) is 5.88 Å². The predicted molar refractivity (Wildman–Crippen MR) is 89.4 cm³/mol. The molecule has 2 N–H and O–H groups in total. The maximum absolute atomic E-state index is 12.5. The van der Waals surface area contributed by atoms with E-state index in [2.05, 4.69) is 15.0 Å². The number of benzene rings is 1. The van der Waals surface area contributed by atoms with E-state index >= 15 is 0 Å². The highest BCUT2D eigenvalue weighted by atomic mass is 32.2. The van der Waals surface area contributed by atoms with Gasteiger partial charge in [0, 0.05) is 23.9 Å². The summed E-state index contributed by atoms with van der Waals surface area (Å²) in [6, 6.07) is 8.60. The summed E-state index contributed by atoms with van der Waals surface area (Å²) in [7, 11) is -3.68. The lowest BCUT2D eigenvalue weighted by atomic mass is 10.1. The molecular formula is C16H19N3O3S. The van der Waals surface area contributed by atoms with Gasteiger partial charge in [0.25, 0.3) is 10.0 Å². The Morgan fingerprint density at radius 3 is 2.78 bits per heavy atom. The van der Waals surface area contributed by atoms with Gasteiger partial charge in [-0.3, -0.25) is 4.72 Å². The maximum atomic E-state index is 12.5. The number of pyridine rings is 1. The number of anilines is 2. The van der Waals surface area contributed by atoms with Crippen molar-refractivity contribution >= 4 is 21.4 Å². The Hall–Kier alpha value is -2.28. The molecule has 0 amide bonds. The Morgan fingerprint density at radius 2 is 2.09 bits per heavy atom. The third kappa shape index (κ3) is 3.39. The van der Waals surface area contributed by atoms with Crippen LogP contribution in [0.1, 0.15) is 19.4 Å². The highest BCUT2D eigenvalue weighted by Crippen LogP contribution is 2.30. The minimum Gasteiger partial charge on any atom is -0.475 e. The quantitative estimate of drug-likeness (QED) is 0.879.